The van der Waals surface area contributed by atoms with Crippen LogP contribution in [-0.2, 0) is 0 Å². The van der Waals surface area contributed by atoms with E-state index in [9.17, 15) is 5.11 Å². The highest BCUT2D eigenvalue weighted by Gasteiger charge is 2.12. The van der Waals surface area contributed by atoms with E-state index >= 15 is 0 Å². The fourth-order valence-electron chi connectivity index (χ4n) is 1.29. The zero-order valence-electron chi connectivity index (χ0n) is 7.65. The summed E-state index contributed by atoms with van der Waals surface area (Å²) in [7, 11) is 0. The zero-order chi connectivity index (χ0) is 10.8. The fraction of sp³-hybridized carbons (Fsp3) is 0.0909. The van der Waals surface area contributed by atoms with Gasteiger partial charge in [-0.1, -0.05) is 23.7 Å². The molecule has 0 aliphatic carbocycles. The van der Waals surface area contributed by atoms with Gasteiger partial charge in [-0.15, -0.1) is 11.3 Å². The Labute approximate surface area is 105 Å². The molecule has 1 aromatic carbocycles. The second kappa shape index (κ2) is 4.66. The zero-order valence-corrected chi connectivity index (χ0v) is 10.8. The van der Waals surface area contributed by atoms with Crippen molar-refractivity contribution in [3.05, 3.63) is 55.6 Å². The van der Waals surface area contributed by atoms with Crippen molar-refractivity contribution >= 4 is 38.9 Å². The number of hydrogen-bond donors (Lipinski definition) is 1. The van der Waals surface area contributed by atoms with E-state index in [1.165, 1.54) is 11.3 Å². The molecule has 0 saturated carbocycles. The van der Waals surface area contributed by atoms with E-state index in [4.69, 9.17) is 11.6 Å². The SMILES string of the molecule is OC(c1ccc(Cl)c(Br)c1)c1cccs1. The first kappa shape index (κ1) is 11.1. The minimum atomic E-state index is -0.571. The average Bonchev–Trinajstić information content (AvgIpc) is 2.74. The molecule has 0 aliphatic heterocycles. The molecule has 1 atom stereocenters. The van der Waals surface area contributed by atoms with Gasteiger partial charge in [0.25, 0.3) is 0 Å². The highest BCUT2D eigenvalue weighted by atomic mass is 79.9. The van der Waals surface area contributed by atoms with Crippen LogP contribution >= 0.6 is 38.9 Å². The summed E-state index contributed by atoms with van der Waals surface area (Å²) < 4.78 is 0.803. The third-order valence-corrected chi connectivity index (χ3v) is 4.21. The second-order valence-electron chi connectivity index (χ2n) is 3.09. The molecule has 1 heterocycles. The van der Waals surface area contributed by atoms with Gasteiger partial charge in [-0.3, -0.25) is 0 Å². The van der Waals surface area contributed by atoms with Gasteiger partial charge in [0.1, 0.15) is 6.10 Å². The van der Waals surface area contributed by atoms with E-state index in [0.29, 0.717) is 5.02 Å². The average molecular weight is 304 g/mol. The van der Waals surface area contributed by atoms with E-state index in [2.05, 4.69) is 15.9 Å². The smallest absolute Gasteiger partial charge is 0.113 e. The molecular formula is C11H8BrClOS. The number of halogens is 2. The molecule has 1 aromatic heterocycles. The van der Waals surface area contributed by atoms with Crippen LogP contribution in [0.5, 0.6) is 0 Å². The summed E-state index contributed by atoms with van der Waals surface area (Å²) >= 11 is 10.8. The Morgan fingerprint density at radius 1 is 1.33 bits per heavy atom. The maximum Gasteiger partial charge on any atom is 0.113 e. The van der Waals surface area contributed by atoms with Gasteiger partial charge < -0.3 is 5.11 Å². The number of thiophene rings is 1. The van der Waals surface area contributed by atoms with Crippen molar-refractivity contribution in [2.45, 2.75) is 6.10 Å². The van der Waals surface area contributed by atoms with Crippen LogP contribution in [0.4, 0.5) is 0 Å². The summed E-state index contributed by atoms with van der Waals surface area (Å²) in [5.41, 5.74) is 0.841. The second-order valence-corrected chi connectivity index (χ2v) is 5.33. The molecule has 1 unspecified atom stereocenters. The Hall–Kier alpha value is -0.350. The molecule has 0 bridgehead atoms. The standard InChI is InChI=1S/C11H8BrClOS/c12-8-6-7(3-4-9(8)13)11(14)10-2-1-5-15-10/h1-6,11,14H. The van der Waals surface area contributed by atoms with Gasteiger partial charge in [0, 0.05) is 9.35 Å². The molecular weight excluding hydrogens is 296 g/mol. The summed E-state index contributed by atoms with van der Waals surface area (Å²) in [5, 5.41) is 12.6. The van der Waals surface area contributed by atoms with Gasteiger partial charge >= 0.3 is 0 Å². The van der Waals surface area contributed by atoms with Gasteiger partial charge in [-0.2, -0.15) is 0 Å². The summed E-state index contributed by atoms with van der Waals surface area (Å²) in [6.07, 6.45) is -0.571. The number of hydrogen-bond acceptors (Lipinski definition) is 2. The lowest BCUT2D eigenvalue weighted by Crippen LogP contribution is -1.96. The van der Waals surface area contributed by atoms with E-state index in [1.54, 1.807) is 6.07 Å². The molecule has 78 valence electrons. The monoisotopic (exact) mass is 302 g/mol. The quantitative estimate of drug-likeness (QED) is 0.879. The first-order valence-electron chi connectivity index (χ1n) is 4.35. The van der Waals surface area contributed by atoms with Crippen LogP contribution in [0.15, 0.2) is 40.2 Å². The summed E-state index contributed by atoms with van der Waals surface area (Å²) in [6, 6.07) is 9.29. The molecule has 1 N–H and O–H groups in total. The van der Waals surface area contributed by atoms with Crippen LogP contribution < -0.4 is 0 Å². The summed E-state index contributed by atoms with van der Waals surface area (Å²) in [4.78, 5) is 0.934. The Bertz CT molecular complexity index is 456. The topological polar surface area (TPSA) is 20.2 Å². The number of aliphatic hydroxyl groups excluding tert-OH is 1. The van der Waals surface area contributed by atoms with Gasteiger partial charge in [0.15, 0.2) is 0 Å². The highest BCUT2D eigenvalue weighted by molar-refractivity contribution is 9.10. The number of rotatable bonds is 2. The van der Waals surface area contributed by atoms with Crippen molar-refractivity contribution in [3.8, 4) is 0 Å². The van der Waals surface area contributed by atoms with Crippen LogP contribution in [0.2, 0.25) is 5.02 Å². The lowest BCUT2D eigenvalue weighted by Gasteiger charge is -2.09. The van der Waals surface area contributed by atoms with Crippen molar-refractivity contribution in [2.24, 2.45) is 0 Å². The van der Waals surface area contributed by atoms with Crippen LogP contribution in [0.25, 0.3) is 0 Å². The number of aliphatic hydroxyl groups is 1. The summed E-state index contributed by atoms with van der Waals surface area (Å²) in [6.45, 7) is 0. The molecule has 0 fully saturated rings. The van der Waals surface area contributed by atoms with E-state index in [1.807, 2.05) is 29.6 Å². The normalized spacial score (nSPS) is 12.7. The number of benzene rings is 1. The maximum absolute atomic E-state index is 10.0. The highest BCUT2D eigenvalue weighted by Crippen LogP contribution is 2.30. The molecule has 2 rings (SSSR count). The molecule has 15 heavy (non-hydrogen) atoms. The van der Waals surface area contributed by atoms with Crippen molar-refractivity contribution in [3.63, 3.8) is 0 Å². The van der Waals surface area contributed by atoms with Crippen LogP contribution in [-0.4, -0.2) is 5.11 Å². The molecule has 0 saturated heterocycles. The minimum Gasteiger partial charge on any atom is -0.383 e. The van der Waals surface area contributed by atoms with Gasteiger partial charge in [-0.25, -0.2) is 0 Å². The molecule has 0 radical (unpaired) electrons. The minimum absolute atomic E-state index is 0.571. The maximum atomic E-state index is 10.0. The van der Waals surface area contributed by atoms with Crippen LogP contribution in [0, 0.1) is 0 Å². The Morgan fingerprint density at radius 2 is 2.13 bits per heavy atom. The molecule has 4 heteroatoms. The Kier molecular flexibility index (Phi) is 3.46. The van der Waals surface area contributed by atoms with Crippen molar-refractivity contribution in [2.75, 3.05) is 0 Å². The lowest BCUT2D eigenvalue weighted by molar-refractivity contribution is 0.224. The van der Waals surface area contributed by atoms with Crippen molar-refractivity contribution in [1.29, 1.82) is 0 Å². The Morgan fingerprint density at radius 3 is 2.73 bits per heavy atom. The molecule has 0 amide bonds. The van der Waals surface area contributed by atoms with Gasteiger partial charge in [-0.05, 0) is 45.1 Å². The molecule has 2 aromatic rings. The first-order chi connectivity index (χ1) is 7.18. The molecule has 1 nitrogen and oxygen atoms in total. The molecule has 0 aliphatic rings. The van der Waals surface area contributed by atoms with Gasteiger partial charge in [0.2, 0.25) is 0 Å². The fourth-order valence-corrected chi connectivity index (χ4v) is 2.54. The van der Waals surface area contributed by atoms with E-state index in [-0.39, 0.29) is 0 Å². The van der Waals surface area contributed by atoms with Gasteiger partial charge in [0.05, 0.1) is 5.02 Å². The molecule has 0 spiro atoms. The van der Waals surface area contributed by atoms with E-state index < -0.39 is 6.10 Å². The van der Waals surface area contributed by atoms with Crippen molar-refractivity contribution < 1.29 is 5.11 Å². The van der Waals surface area contributed by atoms with E-state index in [0.717, 1.165) is 14.9 Å². The first-order valence-corrected chi connectivity index (χ1v) is 6.40. The van der Waals surface area contributed by atoms with Crippen LogP contribution in [0.1, 0.15) is 16.5 Å². The third-order valence-electron chi connectivity index (χ3n) is 2.07. The predicted octanol–water partition coefficient (Wildman–Crippen LogP) is 4.25. The lowest BCUT2D eigenvalue weighted by atomic mass is 10.1. The van der Waals surface area contributed by atoms with Crippen molar-refractivity contribution in [1.82, 2.24) is 0 Å². The third kappa shape index (κ3) is 2.42. The Balaban J connectivity index is 2.34. The largest absolute Gasteiger partial charge is 0.383 e. The predicted molar refractivity (Wildman–Crippen MR) is 67.5 cm³/mol. The van der Waals surface area contributed by atoms with Crippen LogP contribution in [0.3, 0.4) is 0 Å². The summed E-state index contributed by atoms with van der Waals surface area (Å²) in [5.74, 6) is 0.